The molecular weight excluding hydrogens is 157 g/mol. The predicted molar refractivity (Wildman–Crippen MR) is 43.9 cm³/mol. The maximum absolute atomic E-state index is 13.3. The van der Waals surface area contributed by atoms with Gasteiger partial charge in [0.15, 0.2) is 5.82 Å². The summed E-state index contributed by atoms with van der Waals surface area (Å²) in [7, 11) is 0. The Balaban J connectivity index is 3.26. The molecule has 0 atom stereocenters. The monoisotopic (exact) mass is 169 g/mol. The Bertz CT molecular complexity index is 291. The number of rotatable bonds is 1. The van der Waals surface area contributed by atoms with Gasteiger partial charge in [0.05, 0.1) is 16.9 Å². The van der Waals surface area contributed by atoms with Gasteiger partial charge in [-0.05, 0) is 20.8 Å². The summed E-state index contributed by atoms with van der Waals surface area (Å²) in [5.74, 6) is -0.412. The molecule has 0 unspecified atom stereocenters. The van der Waals surface area contributed by atoms with Crippen LogP contribution in [-0.4, -0.2) is 9.97 Å². The molecule has 1 aromatic rings. The molecule has 4 heteroatoms. The van der Waals surface area contributed by atoms with Gasteiger partial charge in [-0.2, -0.15) is 0 Å². The maximum Gasteiger partial charge on any atom is 0.167 e. The topological polar surface area (TPSA) is 51.8 Å². The molecule has 0 fully saturated rings. The average molecular weight is 169 g/mol. The molecule has 0 saturated carbocycles. The van der Waals surface area contributed by atoms with E-state index in [4.69, 9.17) is 5.73 Å². The van der Waals surface area contributed by atoms with Crippen LogP contribution in [0.15, 0.2) is 6.33 Å². The van der Waals surface area contributed by atoms with Crippen LogP contribution in [0.25, 0.3) is 0 Å². The number of aromatic nitrogens is 2. The molecular formula is C8H12FN3. The van der Waals surface area contributed by atoms with Crippen LogP contribution in [0.5, 0.6) is 0 Å². The van der Waals surface area contributed by atoms with Crippen molar-refractivity contribution in [3.05, 3.63) is 23.5 Å². The third-order valence-corrected chi connectivity index (χ3v) is 1.57. The zero-order valence-corrected chi connectivity index (χ0v) is 7.43. The maximum atomic E-state index is 13.3. The molecule has 12 heavy (non-hydrogen) atoms. The van der Waals surface area contributed by atoms with Gasteiger partial charge in [0, 0.05) is 0 Å². The minimum atomic E-state index is -0.752. The third-order valence-electron chi connectivity index (χ3n) is 1.57. The summed E-state index contributed by atoms with van der Waals surface area (Å²) < 4.78 is 13.3. The van der Waals surface area contributed by atoms with Gasteiger partial charge in [0.2, 0.25) is 0 Å². The number of nitrogens with zero attached hydrogens (tertiary/aromatic N) is 2. The Kier molecular flexibility index (Phi) is 2.10. The van der Waals surface area contributed by atoms with Gasteiger partial charge in [-0.25, -0.2) is 14.4 Å². The minimum absolute atomic E-state index is 0.259. The second kappa shape index (κ2) is 2.79. The van der Waals surface area contributed by atoms with E-state index >= 15 is 0 Å². The van der Waals surface area contributed by atoms with Crippen molar-refractivity contribution in [1.82, 2.24) is 9.97 Å². The van der Waals surface area contributed by atoms with Gasteiger partial charge in [0.25, 0.3) is 0 Å². The van der Waals surface area contributed by atoms with Crippen LogP contribution in [0.2, 0.25) is 0 Å². The van der Waals surface area contributed by atoms with Gasteiger partial charge < -0.3 is 5.73 Å². The molecule has 0 aliphatic heterocycles. The predicted octanol–water partition coefficient (Wildman–Crippen LogP) is 1.12. The van der Waals surface area contributed by atoms with E-state index in [1.54, 1.807) is 20.8 Å². The molecule has 0 radical (unpaired) electrons. The molecule has 0 saturated heterocycles. The van der Waals surface area contributed by atoms with E-state index in [9.17, 15) is 4.39 Å². The van der Waals surface area contributed by atoms with E-state index in [-0.39, 0.29) is 5.69 Å². The van der Waals surface area contributed by atoms with Crippen LogP contribution in [-0.2, 0) is 5.54 Å². The smallest absolute Gasteiger partial charge is 0.167 e. The number of hydrogen-bond donors (Lipinski definition) is 1. The minimum Gasteiger partial charge on any atom is -0.320 e. The second-order valence-electron chi connectivity index (χ2n) is 3.34. The number of aryl methyl sites for hydroxylation is 1. The number of nitrogens with two attached hydrogens (primary N) is 1. The standard InChI is InChI=1S/C8H12FN3/c1-5-6(9)7(8(2,3)10)12-4-11-5/h4H,10H2,1-3H3. The van der Waals surface area contributed by atoms with Gasteiger partial charge >= 0.3 is 0 Å². The summed E-state index contributed by atoms with van der Waals surface area (Å²) in [6.07, 6.45) is 1.32. The molecule has 1 aromatic heterocycles. The molecule has 0 aliphatic rings. The number of halogens is 1. The van der Waals surface area contributed by atoms with Crippen LogP contribution in [0.3, 0.4) is 0 Å². The van der Waals surface area contributed by atoms with Crippen LogP contribution in [0, 0.1) is 12.7 Å². The molecule has 2 N–H and O–H groups in total. The van der Waals surface area contributed by atoms with E-state index in [1.807, 2.05) is 0 Å². The van der Waals surface area contributed by atoms with E-state index in [2.05, 4.69) is 9.97 Å². The Morgan fingerprint density at radius 1 is 1.42 bits per heavy atom. The van der Waals surface area contributed by atoms with Crippen LogP contribution in [0.4, 0.5) is 4.39 Å². The summed E-state index contributed by atoms with van der Waals surface area (Å²) in [5.41, 5.74) is 5.54. The Morgan fingerprint density at radius 3 is 2.42 bits per heavy atom. The highest BCUT2D eigenvalue weighted by molar-refractivity contribution is 5.17. The first-order chi connectivity index (χ1) is 5.43. The van der Waals surface area contributed by atoms with Crippen molar-refractivity contribution >= 4 is 0 Å². The molecule has 0 bridgehead atoms. The largest absolute Gasteiger partial charge is 0.320 e. The number of hydrogen-bond acceptors (Lipinski definition) is 3. The zero-order valence-electron chi connectivity index (χ0n) is 7.43. The third kappa shape index (κ3) is 1.58. The summed E-state index contributed by atoms with van der Waals surface area (Å²) >= 11 is 0. The molecule has 1 heterocycles. The Hall–Kier alpha value is -1.03. The van der Waals surface area contributed by atoms with E-state index in [0.717, 1.165) is 0 Å². The lowest BCUT2D eigenvalue weighted by Crippen LogP contribution is -2.31. The van der Waals surface area contributed by atoms with Crippen molar-refractivity contribution < 1.29 is 4.39 Å². The SMILES string of the molecule is Cc1ncnc(C(C)(C)N)c1F. The molecule has 66 valence electrons. The highest BCUT2D eigenvalue weighted by Gasteiger charge is 2.21. The average Bonchev–Trinajstić information content (AvgIpc) is 1.92. The molecule has 0 aliphatic carbocycles. The highest BCUT2D eigenvalue weighted by atomic mass is 19.1. The van der Waals surface area contributed by atoms with Crippen molar-refractivity contribution in [2.75, 3.05) is 0 Å². The fraction of sp³-hybridized carbons (Fsp3) is 0.500. The van der Waals surface area contributed by atoms with Crippen molar-refractivity contribution in [3.8, 4) is 0 Å². The normalized spacial score (nSPS) is 11.8. The first-order valence-corrected chi connectivity index (χ1v) is 3.69. The Morgan fingerprint density at radius 2 is 2.00 bits per heavy atom. The summed E-state index contributed by atoms with van der Waals surface area (Å²) in [5, 5.41) is 0. The van der Waals surface area contributed by atoms with E-state index < -0.39 is 11.4 Å². The Labute approximate surface area is 70.8 Å². The first-order valence-electron chi connectivity index (χ1n) is 3.69. The first kappa shape index (κ1) is 9.06. The molecule has 3 nitrogen and oxygen atoms in total. The van der Waals surface area contributed by atoms with Crippen molar-refractivity contribution in [1.29, 1.82) is 0 Å². The van der Waals surface area contributed by atoms with Crippen molar-refractivity contribution in [2.45, 2.75) is 26.3 Å². The lowest BCUT2D eigenvalue weighted by atomic mass is 10.0. The van der Waals surface area contributed by atoms with Gasteiger partial charge in [-0.3, -0.25) is 0 Å². The van der Waals surface area contributed by atoms with Crippen molar-refractivity contribution in [3.63, 3.8) is 0 Å². The second-order valence-corrected chi connectivity index (χ2v) is 3.34. The quantitative estimate of drug-likeness (QED) is 0.685. The highest BCUT2D eigenvalue weighted by Crippen LogP contribution is 2.18. The summed E-state index contributed by atoms with van der Waals surface area (Å²) in [6, 6.07) is 0. The lowest BCUT2D eigenvalue weighted by molar-refractivity contribution is 0.473. The fourth-order valence-electron chi connectivity index (χ4n) is 0.907. The fourth-order valence-corrected chi connectivity index (χ4v) is 0.907. The molecule has 0 amide bonds. The molecule has 1 rings (SSSR count). The molecule has 0 aromatic carbocycles. The van der Waals surface area contributed by atoms with E-state index in [1.165, 1.54) is 6.33 Å². The van der Waals surface area contributed by atoms with E-state index in [0.29, 0.717) is 5.69 Å². The van der Waals surface area contributed by atoms with Crippen LogP contribution >= 0.6 is 0 Å². The van der Waals surface area contributed by atoms with Crippen LogP contribution < -0.4 is 5.73 Å². The zero-order chi connectivity index (χ0) is 9.35. The summed E-state index contributed by atoms with van der Waals surface area (Å²) in [6.45, 7) is 5.00. The van der Waals surface area contributed by atoms with Gasteiger partial charge in [-0.15, -0.1) is 0 Å². The van der Waals surface area contributed by atoms with Gasteiger partial charge in [-0.1, -0.05) is 0 Å². The van der Waals surface area contributed by atoms with Gasteiger partial charge in [0.1, 0.15) is 6.33 Å². The molecule has 0 spiro atoms. The lowest BCUT2D eigenvalue weighted by Gasteiger charge is -2.18. The summed E-state index contributed by atoms with van der Waals surface area (Å²) in [4.78, 5) is 7.51. The van der Waals surface area contributed by atoms with Crippen molar-refractivity contribution in [2.24, 2.45) is 5.73 Å². The van der Waals surface area contributed by atoms with Crippen LogP contribution in [0.1, 0.15) is 25.2 Å².